The predicted molar refractivity (Wildman–Crippen MR) is 117 cm³/mol. The van der Waals surface area contributed by atoms with Crippen molar-refractivity contribution in [3.63, 3.8) is 0 Å². The molecule has 2 aromatic carbocycles. The van der Waals surface area contributed by atoms with Gasteiger partial charge in [0.25, 0.3) is 5.89 Å². The van der Waals surface area contributed by atoms with Crippen LogP contribution in [0.15, 0.2) is 64.0 Å². The quantitative estimate of drug-likeness (QED) is 0.526. The molecule has 152 valence electrons. The highest BCUT2D eigenvalue weighted by Gasteiger charge is 2.17. The zero-order valence-corrected chi connectivity index (χ0v) is 16.8. The lowest BCUT2D eigenvalue weighted by Crippen LogP contribution is -1.98. The van der Waals surface area contributed by atoms with Crippen LogP contribution in [0.1, 0.15) is 15.5 Å². The van der Waals surface area contributed by atoms with E-state index in [4.69, 9.17) is 10.2 Å². The summed E-state index contributed by atoms with van der Waals surface area (Å²) in [5.41, 5.74) is 9.99. The van der Waals surface area contributed by atoms with E-state index in [1.54, 1.807) is 12.5 Å². The zero-order valence-electron chi connectivity index (χ0n) is 16.0. The second-order valence-electron chi connectivity index (χ2n) is 6.46. The molecule has 0 fully saturated rings. The summed E-state index contributed by atoms with van der Waals surface area (Å²) in [6, 6.07) is 15.1. The predicted octanol–water partition coefficient (Wildman–Crippen LogP) is 4.10. The number of nitrogens with zero attached hydrogens (tertiary/aromatic N) is 4. The molecule has 0 bridgehead atoms. The Hall–Kier alpha value is -3.23. The van der Waals surface area contributed by atoms with Gasteiger partial charge in [-0.1, -0.05) is 30.3 Å². The van der Waals surface area contributed by atoms with E-state index in [9.17, 15) is 4.21 Å². The molecule has 2 aromatic heterocycles. The molecule has 4 aromatic rings. The van der Waals surface area contributed by atoms with Gasteiger partial charge in [0.15, 0.2) is 0 Å². The number of hydrogen-bond donors (Lipinski definition) is 1. The van der Waals surface area contributed by atoms with E-state index >= 15 is 0 Å². The second-order valence-corrected chi connectivity index (χ2v) is 7.80. The molecule has 0 aliphatic carbocycles. The number of benzene rings is 2. The number of aromatic nitrogens is 4. The molecule has 0 spiro atoms. The topological polar surface area (TPSA) is 108 Å². The summed E-state index contributed by atoms with van der Waals surface area (Å²) in [6.45, 7) is 2.26. The van der Waals surface area contributed by atoms with Crippen LogP contribution in [0.4, 0.5) is 0 Å². The van der Waals surface area contributed by atoms with Gasteiger partial charge >= 0.3 is 0 Å². The van der Waals surface area contributed by atoms with Crippen LogP contribution in [0.2, 0.25) is 0 Å². The minimum atomic E-state index is -1.15. The zero-order chi connectivity index (χ0) is 20.4. The smallest absolute Gasteiger partial charge is 0.268 e. The molecule has 0 aliphatic heterocycles. The Bertz CT molecular complexity index is 1220. The number of rotatable bonds is 5. The first-order chi connectivity index (χ1) is 14.1. The fourth-order valence-electron chi connectivity index (χ4n) is 2.98. The number of aryl methyl sites for hydroxylation is 1. The summed E-state index contributed by atoms with van der Waals surface area (Å²) >= 11 is 0. The Labute approximate surface area is 175 Å². The fraction of sp³-hybridized carbons (Fsp3) is 0.143. The van der Waals surface area contributed by atoms with E-state index in [1.807, 2.05) is 55.5 Å². The standard InChI is InChI=1S/C21H19N5O2S.3H2/c1-13-19(21-26-25-20(28-21)15-7-5-6-14(10-15)11-22)24-17(12-23-13)16-8-3-4-9-18(16)29(2)27;;;/h3-10,12H,11,22H2,1-2H3;3*1H. The van der Waals surface area contributed by atoms with Crippen molar-refractivity contribution in [1.29, 1.82) is 0 Å². The van der Waals surface area contributed by atoms with E-state index in [1.165, 1.54) is 0 Å². The molecule has 1 unspecified atom stereocenters. The van der Waals surface area contributed by atoms with Crippen molar-refractivity contribution in [3.8, 4) is 34.3 Å². The SMILES string of the molecule is Cc1ncc(-c2ccccc2S(C)=O)nc1-c1nnc(-c2cccc(CN)c2)o1.[HH].[HH].[HH]. The maximum absolute atomic E-state index is 12.1. The van der Waals surface area contributed by atoms with E-state index in [-0.39, 0.29) is 10.2 Å². The molecule has 0 saturated heterocycles. The van der Waals surface area contributed by atoms with Crippen molar-refractivity contribution < 1.29 is 12.9 Å². The minimum Gasteiger partial charge on any atom is -0.415 e. The van der Waals surface area contributed by atoms with Crippen LogP contribution in [0.5, 0.6) is 0 Å². The van der Waals surface area contributed by atoms with Gasteiger partial charge in [0.05, 0.1) is 28.4 Å². The maximum atomic E-state index is 12.1. The van der Waals surface area contributed by atoms with Gasteiger partial charge in [0, 0.05) is 33.1 Å². The fourth-order valence-corrected chi connectivity index (χ4v) is 3.73. The molecular weight excluding hydrogens is 386 g/mol. The van der Waals surface area contributed by atoms with Gasteiger partial charge in [-0.05, 0) is 30.7 Å². The van der Waals surface area contributed by atoms with Gasteiger partial charge in [0.1, 0.15) is 5.69 Å². The highest BCUT2D eigenvalue weighted by Crippen LogP contribution is 2.29. The van der Waals surface area contributed by atoms with Crippen molar-refractivity contribution in [1.82, 2.24) is 20.2 Å². The Morgan fingerprint density at radius 3 is 2.69 bits per heavy atom. The van der Waals surface area contributed by atoms with Crippen LogP contribution in [0, 0.1) is 6.92 Å². The third-order valence-corrected chi connectivity index (χ3v) is 5.44. The molecule has 7 nitrogen and oxygen atoms in total. The van der Waals surface area contributed by atoms with Gasteiger partial charge in [-0.15, -0.1) is 10.2 Å². The summed E-state index contributed by atoms with van der Waals surface area (Å²) in [7, 11) is -1.15. The lowest BCUT2D eigenvalue weighted by atomic mass is 10.1. The molecular formula is C21H25N5O2S. The van der Waals surface area contributed by atoms with E-state index < -0.39 is 10.8 Å². The third kappa shape index (κ3) is 3.85. The van der Waals surface area contributed by atoms with Crippen LogP contribution >= 0.6 is 0 Å². The summed E-state index contributed by atoms with van der Waals surface area (Å²) in [5, 5.41) is 8.31. The first-order valence-corrected chi connectivity index (χ1v) is 10.5. The molecule has 8 heteroatoms. The molecule has 0 radical (unpaired) electrons. The van der Waals surface area contributed by atoms with Crippen molar-refractivity contribution in [2.24, 2.45) is 5.73 Å². The Kier molecular flexibility index (Phi) is 5.28. The summed E-state index contributed by atoms with van der Waals surface area (Å²) < 4.78 is 18.0. The van der Waals surface area contributed by atoms with E-state index in [0.717, 1.165) is 16.7 Å². The van der Waals surface area contributed by atoms with Gasteiger partial charge in [-0.3, -0.25) is 9.19 Å². The number of hydrogen-bond acceptors (Lipinski definition) is 7. The molecule has 0 amide bonds. The van der Waals surface area contributed by atoms with Crippen LogP contribution in [-0.4, -0.2) is 30.6 Å². The monoisotopic (exact) mass is 411 g/mol. The lowest BCUT2D eigenvalue weighted by molar-refractivity contribution is 0.581. The van der Waals surface area contributed by atoms with Crippen molar-refractivity contribution in [3.05, 3.63) is 66.0 Å². The molecule has 4 rings (SSSR count). The van der Waals surface area contributed by atoms with Gasteiger partial charge < -0.3 is 10.2 Å². The maximum Gasteiger partial charge on any atom is 0.268 e. The van der Waals surface area contributed by atoms with Crippen LogP contribution in [0.25, 0.3) is 34.3 Å². The van der Waals surface area contributed by atoms with Crippen LogP contribution in [-0.2, 0) is 17.3 Å². The average Bonchev–Trinajstić information content (AvgIpc) is 3.24. The summed E-state index contributed by atoms with van der Waals surface area (Å²) in [4.78, 5) is 9.82. The molecule has 2 heterocycles. The molecule has 2 N–H and O–H groups in total. The van der Waals surface area contributed by atoms with Gasteiger partial charge in [0.2, 0.25) is 5.89 Å². The molecule has 0 aliphatic rings. The van der Waals surface area contributed by atoms with E-state index in [0.29, 0.717) is 34.4 Å². The molecule has 1 atom stereocenters. The summed E-state index contributed by atoms with van der Waals surface area (Å²) in [5.74, 6) is 0.664. The van der Waals surface area contributed by atoms with Crippen molar-refractivity contribution in [2.45, 2.75) is 18.4 Å². The van der Waals surface area contributed by atoms with Gasteiger partial charge in [-0.25, -0.2) is 4.98 Å². The highest BCUT2D eigenvalue weighted by molar-refractivity contribution is 7.84. The minimum absolute atomic E-state index is 0. The molecule has 0 saturated carbocycles. The number of nitrogens with two attached hydrogens (primary N) is 1. The van der Waals surface area contributed by atoms with Crippen molar-refractivity contribution in [2.75, 3.05) is 6.26 Å². The Morgan fingerprint density at radius 1 is 1.10 bits per heavy atom. The Morgan fingerprint density at radius 2 is 1.90 bits per heavy atom. The lowest BCUT2D eigenvalue weighted by Gasteiger charge is -2.08. The third-order valence-electron chi connectivity index (χ3n) is 4.47. The highest BCUT2D eigenvalue weighted by atomic mass is 32.2. The normalized spacial score (nSPS) is 12.1. The van der Waals surface area contributed by atoms with Crippen molar-refractivity contribution >= 4 is 10.8 Å². The molecule has 29 heavy (non-hydrogen) atoms. The second kappa shape index (κ2) is 8.02. The van der Waals surface area contributed by atoms with Crippen LogP contribution in [0.3, 0.4) is 0 Å². The average molecular weight is 412 g/mol. The van der Waals surface area contributed by atoms with Crippen LogP contribution < -0.4 is 5.73 Å². The van der Waals surface area contributed by atoms with E-state index in [2.05, 4.69) is 20.2 Å². The first-order valence-electron chi connectivity index (χ1n) is 8.96. The summed E-state index contributed by atoms with van der Waals surface area (Å²) in [6.07, 6.45) is 3.30. The largest absolute Gasteiger partial charge is 0.415 e. The first kappa shape index (κ1) is 19.1. The Balaban J connectivity index is 0.00000171. The van der Waals surface area contributed by atoms with Gasteiger partial charge in [-0.2, -0.15) is 0 Å².